The molecule has 1 aromatic heterocycles. The number of nitrogens with zero attached hydrogens (tertiary/aromatic N) is 2. The zero-order valence-electron chi connectivity index (χ0n) is 15.3. The zero-order valence-corrected chi connectivity index (χ0v) is 17.7. The topological polar surface area (TPSA) is 54.9 Å². The third kappa shape index (κ3) is 5.54. The summed E-state index contributed by atoms with van der Waals surface area (Å²) in [6.07, 6.45) is 0. The summed E-state index contributed by atoms with van der Waals surface area (Å²) in [4.78, 5) is 12.4. The largest absolute Gasteiger partial charge is 0.296 e. The average Bonchev–Trinajstić information content (AvgIpc) is 3.08. The zero-order chi connectivity index (χ0) is 19.4. The molecule has 0 bridgehead atoms. The Kier molecular flexibility index (Phi) is 6.19. The van der Waals surface area contributed by atoms with E-state index in [2.05, 4.69) is 36.3 Å². The molecule has 0 spiro atoms. The average molecular weight is 418 g/mol. The van der Waals surface area contributed by atoms with Gasteiger partial charge < -0.3 is 0 Å². The first-order valence-electron chi connectivity index (χ1n) is 8.44. The maximum atomic E-state index is 12.4. The Morgan fingerprint density at radius 2 is 1.74 bits per heavy atom. The van der Waals surface area contributed by atoms with Crippen LogP contribution in [0.25, 0.3) is 0 Å². The number of hydrogen-bond donors (Lipinski definition) is 1. The molecule has 1 amide bonds. The van der Waals surface area contributed by atoms with Gasteiger partial charge in [0.2, 0.25) is 5.13 Å². The van der Waals surface area contributed by atoms with Crippen molar-refractivity contribution in [2.75, 3.05) is 5.32 Å². The number of benzene rings is 2. The molecule has 0 unspecified atom stereocenters. The Balaban J connectivity index is 1.58. The van der Waals surface area contributed by atoms with Crippen molar-refractivity contribution in [2.45, 2.75) is 36.3 Å². The molecule has 0 saturated heterocycles. The van der Waals surface area contributed by atoms with Gasteiger partial charge in [-0.3, -0.25) is 10.1 Å². The molecule has 0 fully saturated rings. The second-order valence-electron chi connectivity index (χ2n) is 7.07. The fraction of sp³-hybridized carbons (Fsp3) is 0.250. The summed E-state index contributed by atoms with van der Waals surface area (Å²) in [6, 6.07) is 15.4. The molecule has 2 aromatic carbocycles. The minimum atomic E-state index is -0.180. The van der Waals surface area contributed by atoms with Crippen molar-refractivity contribution in [1.82, 2.24) is 10.2 Å². The summed E-state index contributed by atoms with van der Waals surface area (Å²) in [6.45, 7) is 6.44. The van der Waals surface area contributed by atoms with Crippen LogP contribution in [0.3, 0.4) is 0 Å². The van der Waals surface area contributed by atoms with Crippen molar-refractivity contribution in [3.8, 4) is 0 Å². The highest BCUT2D eigenvalue weighted by Gasteiger charge is 2.15. The van der Waals surface area contributed by atoms with E-state index in [1.54, 1.807) is 11.8 Å². The van der Waals surface area contributed by atoms with E-state index in [1.807, 2.05) is 48.5 Å². The molecule has 140 valence electrons. The van der Waals surface area contributed by atoms with Gasteiger partial charge in [0.25, 0.3) is 5.91 Å². The highest BCUT2D eigenvalue weighted by Crippen LogP contribution is 2.29. The molecule has 27 heavy (non-hydrogen) atoms. The van der Waals surface area contributed by atoms with Gasteiger partial charge in [-0.15, -0.1) is 10.2 Å². The summed E-state index contributed by atoms with van der Waals surface area (Å²) in [5.41, 5.74) is 3.01. The van der Waals surface area contributed by atoms with E-state index in [9.17, 15) is 4.79 Å². The van der Waals surface area contributed by atoms with Crippen LogP contribution in [0.5, 0.6) is 0 Å². The van der Waals surface area contributed by atoms with Crippen LogP contribution < -0.4 is 5.32 Å². The van der Waals surface area contributed by atoms with E-state index in [0.717, 1.165) is 20.7 Å². The Hall–Kier alpha value is -1.89. The third-order valence-corrected chi connectivity index (χ3v) is 6.21. The number of carbonyl (C=O) groups is 1. The summed E-state index contributed by atoms with van der Waals surface area (Å²) >= 11 is 8.84. The molecule has 7 heteroatoms. The number of rotatable bonds is 5. The molecule has 0 aliphatic carbocycles. The first kappa shape index (κ1) is 19.9. The summed E-state index contributed by atoms with van der Waals surface area (Å²) in [5, 5.41) is 12.2. The van der Waals surface area contributed by atoms with Crippen LogP contribution in [0, 0.1) is 0 Å². The van der Waals surface area contributed by atoms with E-state index < -0.39 is 0 Å². The van der Waals surface area contributed by atoms with Crippen molar-refractivity contribution in [1.29, 1.82) is 0 Å². The quantitative estimate of drug-likeness (QED) is 0.406. The van der Waals surface area contributed by atoms with Crippen molar-refractivity contribution in [3.63, 3.8) is 0 Å². The molecule has 0 aliphatic rings. The number of anilines is 1. The molecule has 3 aromatic rings. The predicted octanol–water partition coefficient (Wildman–Crippen LogP) is 6.03. The Morgan fingerprint density at radius 1 is 1.07 bits per heavy atom. The van der Waals surface area contributed by atoms with Gasteiger partial charge in [-0.2, -0.15) is 0 Å². The van der Waals surface area contributed by atoms with Crippen LogP contribution in [0.4, 0.5) is 5.13 Å². The van der Waals surface area contributed by atoms with Crippen LogP contribution in [0.15, 0.2) is 52.9 Å². The van der Waals surface area contributed by atoms with Crippen molar-refractivity contribution in [3.05, 3.63) is 70.2 Å². The Labute approximate surface area is 172 Å². The number of hydrogen-bond acceptors (Lipinski definition) is 5. The minimum Gasteiger partial charge on any atom is -0.296 e. The molecule has 1 heterocycles. The molecule has 0 atom stereocenters. The minimum absolute atomic E-state index is 0.0600. The Morgan fingerprint density at radius 3 is 2.37 bits per heavy atom. The van der Waals surface area contributed by atoms with E-state index >= 15 is 0 Å². The lowest BCUT2D eigenvalue weighted by molar-refractivity contribution is 0.102. The second kappa shape index (κ2) is 8.42. The van der Waals surface area contributed by atoms with Crippen LogP contribution in [-0.2, 0) is 11.2 Å². The summed E-state index contributed by atoms with van der Waals surface area (Å²) in [5.74, 6) is 0.592. The molecule has 4 nitrogen and oxygen atoms in total. The van der Waals surface area contributed by atoms with Gasteiger partial charge in [0.15, 0.2) is 4.34 Å². The van der Waals surface area contributed by atoms with E-state index in [0.29, 0.717) is 10.7 Å². The van der Waals surface area contributed by atoms with E-state index in [-0.39, 0.29) is 11.3 Å². The van der Waals surface area contributed by atoms with Crippen molar-refractivity contribution < 1.29 is 4.79 Å². The fourth-order valence-electron chi connectivity index (χ4n) is 2.34. The molecule has 1 N–H and O–H groups in total. The number of halogens is 1. The number of aromatic nitrogens is 2. The van der Waals surface area contributed by atoms with Gasteiger partial charge in [-0.05, 0) is 40.8 Å². The smallest absolute Gasteiger partial charge is 0.257 e. The lowest BCUT2D eigenvalue weighted by Gasteiger charge is -2.18. The molecule has 0 radical (unpaired) electrons. The van der Waals surface area contributed by atoms with E-state index in [4.69, 9.17) is 11.6 Å². The first-order valence-corrected chi connectivity index (χ1v) is 10.6. The SMILES string of the molecule is CC(C)(C)c1ccc(C(=O)Nc2nnc(SCc3ccc(Cl)cc3)s2)cc1. The summed E-state index contributed by atoms with van der Waals surface area (Å²) in [7, 11) is 0. The lowest BCUT2D eigenvalue weighted by atomic mass is 9.87. The van der Waals surface area contributed by atoms with Crippen molar-refractivity contribution >= 4 is 45.7 Å². The number of thioether (sulfide) groups is 1. The number of nitrogens with one attached hydrogen (secondary N) is 1. The van der Waals surface area contributed by atoms with Crippen LogP contribution in [0.2, 0.25) is 5.02 Å². The Bertz CT molecular complexity index is 916. The van der Waals surface area contributed by atoms with Gasteiger partial charge >= 0.3 is 0 Å². The number of carbonyl (C=O) groups excluding carboxylic acids is 1. The van der Waals surface area contributed by atoms with Gasteiger partial charge in [0.05, 0.1) is 0 Å². The maximum Gasteiger partial charge on any atom is 0.257 e. The van der Waals surface area contributed by atoms with Gasteiger partial charge in [-0.1, -0.05) is 79.7 Å². The van der Waals surface area contributed by atoms with Gasteiger partial charge in [0.1, 0.15) is 0 Å². The summed E-state index contributed by atoms with van der Waals surface area (Å²) < 4.78 is 0.809. The monoisotopic (exact) mass is 417 g/mol. The molecular weight excluding hydrogens is 398 g/mol. The maximum absolute atomic E-state index is 12.4. The first-order chi connectivity index (χ1) is 12.8. The molecular formula is C20H20ClN3OS2. The lowest BCUT2D eigenvalue weighted by Crippen LogP contribution is -2.14. The number of amides is 1. The van der Waals surface area contributed by atoms with E-state index in [1.165, 1.54) is 16.9 Å². The highest BCUT2D eigenvalue weighted by molar-refractivity contribution is 8.00. The second-order valence-corrected chi connectivity index (χ2v) is 9.71. The highest BCUT2D eigenvalue weighted by atomic mass is 35.5. The standard InChI is InChI=1S/C20H20ClN3OS2/c1-20(2,3)15-8-6-14(7-9-15)17(25)22-18-23-24-19(27-18)26-12-13-4-10-16(21)11-5-13/h4-11H,12H2,1-3H3,(H,22,23,25). The molecule has 3 rings (SSSR count). The fourth-order valence-corrected chi connectivity index (χ4v) is 4.16. The van der Waals surface area contributed by atoms with Crippen LogP contribution >= 0.6 is 34.7 Å². The van der Waals surface area contributed by atoms with Gasteiger partial charge in [0, 0.05) is 16.3 Å². The van der Waals surface area contributed by atoms with Crippen molar-refractivity contribution in [2.24, 2.45) is 0 Å². The van der Waals surface area contributed by atoms with Crippen LogP contribution in [-0.4, -0.2) is 16.1 Å². The molecule has 0 saturated carbocycles. The predicted molar refractivity (Wildman–Crippen MR) is 114 cm³/mol. The molecule has 0 aliphatic heterocycles. The normalized spacial score (nSPS) is 11.4. The third-order valence-electron chi connectivity index (χ3n) is 3.92. The van der Waals surface area contributed by atoms with Crippen LogP contribution in [0.1, 0.15) is 42.3 Å². The van der Waals surface area contributed by atoms with Gasteiger partial charge in [-0.25, -0.2) is 0 Å².